The van der Waals surface area contributed by atoms with Crippen molar-refractivity contribution in [3.05, 3.63) is 35.4 Å². The number of phenolic OH excluding ortho intramolecular Hbond substituents is 1. The SMILES string of the molecule is COCCOC(=O)/C=C/c1ccc(O)c(C)c1. The number of phenols is 1. The summed E-state index contributed by atoms with van der Waals surface area (Å²) in [5.41, 5.74) is 1.60. The Bertz CT molecular complexity index is 410. The molecule has 0 aromatic heterocycles. The molecule has 0 unspecified atom stereocenters. The zero-order chi connectivity index (χ0) is 12.7. The Morgan fingerprint density at radius 1 is 1.41 bits per heavy atom. The van der Waals surface area contributed by atoms with Gasteiger partial charge in [0.15, 0.2) is 0 Å². The Balaban J connectivity index is 2.52. The Kier molecular flexibility index (Phi) is 5.23. The van der Waals surface area contributed by atoms with Gasteiger partial charge in [-0.05, 0) is 36.3 Å². The number of hydrogen-bond donors (Lipinski definition) is 1. The average Bonchev–Trinajstić information content (AvgIpc) is 2.31. The predicted octanol–water partition coefficient (Wildman–Crippen LogP) is 1.90. The molecular formula is C13H16O4. The van der Waals surface area contributed by atoms with Crippen LogP contribution in [0, 0.1) is 6.92 Å². The molecule has 0 atom stereocenters. The molecule has 0 heterocycles. The molecule has 1 aromatic carbocycles. The molecule has 4 heteroatoms. The lowest BCUT2D eigenvalue weighted by atomic mass is 10.1. The van der Waals surface area contributed by atoms with E-state index in [1.165, 1.54) is 6.08 Å². The van der Waals surface area contributed by atoms with Gasteiger partial charge in [-0.1, -0.05) is 6.07 Å². The molecule has 0 aliphatic rings. The van der Waals surface area contributed by atoms with Crippen LogP contribution in [0.2, 0.25) is 0 Å². The summed E-state index contributed by atoms with van der Waals surface area (Å²) in [5.74, 6) is -0.169. The second-order valence-electron chi connectivity index (χ2n) is 3.54. The molecular weight excluding hydrogens is 220 g/mol. The molecule has 0 spiro atoms. The van der Waals surface area contributed by atoms with Crippen LogP contribution in [-0.2, 0) is 14.3 Å². The van der Waals surface area contributed by atoms with Gasteiger partial charge in [-0.2, -0.15) is 0 Å². The van der Waals surface area contributed by atoms with E-state index in [1.54, 1.807) is 38.3 Å². The molecule has 0 bridgehead atoms. The van der Waals surface area contributed by atoms with Crippen molar-refractivity contribution in [2.24, 2.45) is 0 Å². The van der Waals surface area contributed by atoms with E-state index >= 15 is 0 Å². The van der Waals surface area contributed by atoms with Crippen LogP contribution in [0.5, 0.6) is 5.75 Å². The highest BCUT2D eigenvalue weighted by atomic mass is 16.6. The summed E-state index contributed by atoms with van der Waals surface area (Å²) >= 11 is 0. The summed E-state index contributed by atoms with van der Waals surface area (Å²) in [6.45, 7) is 2.43. The molecule has 0 aliphatic carbocycles. The molecule has 1 aromatic rings. The Morgan fingerprint density at radius 3 is 2.82 bits per heavy atom. The summed E-state index contributed by atoms with van der Waals surface area (Å²) in [6.07, 6.45) is 2.99. The number of esters is 1. The first-order valence-corrected chi connectivity index (χ1v) is 5.27. The number of aryl methyl sites for hydroxylation is 1. The third-order valence-electron chi connectivity index (χ3n) is 2.16. The van der Waals surface area contributed by atoms with Gasteiger partial charge in [-0.25, -0.2) is 4.79 Å². The summed E-state index contributed by atoms with van der Waals surface area (Å²) in [6, 6.07) is 5.10. The van der Waals surface area contributed by atoms with Crippen LogP contribution < -0.4 is 0 Å². The third kappa shape index (κ3) is 4.70. The number of benzene rings is 1. The lowest BCUT2D eigenvalue weighted by Gasteiger charge is -2.01. The van der Waals surface area contributed by atoms with Crippen molar-refractivity contribution in [2.75, 3.05) is 20.3 Å². The number of carbonyl (C=O) groups is 1. The van der Waals surface area contributed by atoms with Gasteiger partial charge < -0.3 is 14.6 Å². The maximum Gasteiger partial charge on any atom is 0.330 e. The van der Waals surface area contributed by atoms with Crippen LogP contribution in [0.3, 0.4) is 0 Å². The number of aromatic hydroxyl groups is 1. The first kappa shape index (κ1) is 13.3. The maximum atomic E-state index is 11.2. The second-order valence-corrected chi connectivity index (χ2v) is 3.54. The Morgan fingerprint density at radius 2 is 2.18 bits per heavy atom. The van der Waals surface area contributed by atoms with Gasteiger partial charge in [0.2, 0.25) is 0 Å². The highest BCUT2D eigenvalue weighted by molar-refractivity contribution is 5.87. The molecule has 92 valence electrons. The predicted molar refractivity (Wildman–Crippen MR) is 64.7 cm³/mol. The zero-order valence-corrected chi connectivity index (χ0v) is 9.97. The fraction of sp³-hybridized carbons (Fsp3) is 0.308. The maximum absolute atomic E-state index is 11.2. The average molecular weight is 236 g/mol. The Labute approximate surface area is 100 Å². The van der Waals surface area contributed by atoms with Crippen molar-refractivity contribution in [3.8, 4) is 5.75 Å². The molecule has 0 saturated heterocycles. The van der Waals surface area contributed by atoms with Crippen LogP contribution in [0.25, 0.3) is 6.08 Å². The largest absolute Gasteiger partial charge is 0.508 e. The van der Waals surface area contributed by atoms with Crippen molar-refractivity contribution >= 4 is 12.0 Å². The fourth-order valence-electron chi connectivity index (χ4n) is 1.22. The normalized spacial score (nSPS) is 10.7. The van der Waals surface area contributed by atoms with Crippen molar-refractivity contribution in [1.82, 2.24) is 0 Å². The van der Waals surface area contributed by atoms with E-state index in [9.17, 15) is 9.90 Å². The quantitative estimate of drug-likeness (QED) is 0.482. The number of rotatable bonds is 5. The lowest BCUT2D eigenvalue weighted by molar-refractivity contribution is -0.138. The molecule has 0 saturated carbocycles. The summed E-state index contributed by atoms with van der Waals surface area (Å²) in [7, 11) is 1.54. The number of ether oxygens (including phenoxy) is 2. The van der Waals surface area contributed by atoms with Gasteiger partial charge in [-0.3, -0.25) is 0 Å². The van der Waals surface area contributed by atoms with Crippen LogP contribution in [0.4, 0.5) is 0 Å². The summed E-state index contributed by atoms with van der Waals surface area (Å²) in [5, 5.41) is 9.33. The standard InChI is InChI=1S/C13H16O4/c1-10-9-11(3-5-12(10)14)4-6-13(15)17-8-7-16-2/h3-6,9,14H,7-8H2,1-2H3/b6-4+. The zero-order valence-electron chi connectivity index (χ0n) is 9.97. The molecule has 0 fully saturated rings. The van der Waals surface area contributed by atoms with Gasteiger partial charge in [0.1, 0.15) is 12.4 Å². The van der Waals surface area contributed by atoms with E-state index in [4.69, 9.17) is 9.47 Å². The van der Waals surface area contributed by atoms with Gasteiger partial charge in [0.25, 0.3) is 0 Å². The molecule has 1 N–H and O–H groups in total. The van der Waals surface area contributed by atoms with Crippen molar-refractivity contribution in [3.63, 3.8) is 0 Å². The third-order valence-corrected chi connectivity index (χ3v) is 2.16. The molecule has 4 nitrogen and oxygen atoms in total. The topological polar surface area (TPSA) is 55.8 Å². The first-order valence-electron chi connectivity index (χ1n) is 5.27. The second kappa shape index (κ2) is 6.70. The number of carbonyl (C=O) groups excluding carboxylic acids is 1. The monoisotopic (exact) mass is 236 g/mol. The highest BCUT2D eigenvalue weighted by Gasteiger charge is 1.98. The minimum absolute atomic E-state index is 0.241. The number of methoxy groups -OCH3 is 1. The van der Waals surface area contributed by atoms with Gasteiger partial charge >= 0.3 is 5.97 Å². The lowest BCUT2D eigenvalue weighted by Crippen LogP contribution is -2.06. The smallest absolute Gasteiger partial charge is 0.330 e. The van der Waals surface area contributed by atoms with E-state index in [0.29, 0.717) is 6.61 Å². The van der Waals surface area contributed by atoms with Crippen LogP contribution in [0.15, 0.2) is 24.3 Å². The first-order chi connectivity index (χ1) is 8.13. The number of hydrogen-bond acceptors (Lipinski definition) is 4. The van der Waals surface area contributed by atoms with E-state index in [1.807, 2.05) is 0 Å². The van der Waals surface area contributed by atoms with Crippen LogP contribution in [0.1, 0.15) is 11.1 Å². The van der Waals surface area contributed by atoms with E-state index in [2.05, 4.69) is 0 Å². The molecule has 0 aliphatic heterocycles. The van der Waals surface area contributed by atoms with E-state index < -0.39 is 5.97 Å². The van der Waals surface area contributed by atoms with Crippen LogP contribution >= 0.6 is 0 Å². The molecule has 0 amide bonds. The molecule has 1 rings (SSSR count). The Hall–Kier alpha value is -1.81. The van der Waals surface area contributed by atoms with Gasteiger partial charge in [0.05, 0.1) is 6.61 Å². The summed E-state index contributed by atoms with van der Waals surface area (Å²) in [4.78, 5) is 11.2. The van der Waals surface area contributed by atoms with Crippen molar-refractivity contribution in [1.29, 1.82) is 0 Å². The van der Waals surface area contributed by atoms with Gasteiger partial charge in [0, 0.05) is 13.2 Å². The minimum atomic E-state index is -0.409. The van der Waals surface area contributed by atoms with Crippen molar-refractivity contribution in [2.45, 2.75) is 6.92 Å². The molecule has 17 heavy (non-hydrogen) atoms. The van der Waals surface area contributed by atoms with Gasteiger partial charge in [-0.15, -0.1) is 0 Å². The van der Waals surface area contributed by atoms with Crippen molar-refractivity contribution < 1.29 is 19.4 Å². The van der Waals surface area contributed by atoms with Crippen LogP contribution in [-0.4, -0.2) is 31.4 Å². The van der Waals surface area contributed by atoms with E-state index in [0.717, 1.165) is 11.1 Å². The highest BCUT2D eigenvalue weighted by Crippen LogP contribution is 2.17. The summed E-state index contributed by atoms with van der Waals surface area (Å²) < 4.78 is 9.61. The molecule has 0 radical (unpaired) electrons. The fourth-order valence-corrected chi connectivity index (χ4v) is 1.22. The van der Waals surface area contributed by atoms with E-state index in [-0.39, 0.29) is 12.4 Å². The minimum Gasteiger partial charge on any atom is -0.508 e.